The number of rotatable bonds is 6. The molecule has 2 aromatic rings. The first-order valence-electron chi connectivity index (χ1n) is 7.44. The maximum atomic E-state index is 12.7. The number of hydrogen-bond acceptors (Lipinski definition) is 6. The summed E-state index contributed by atoms with van der Waals surface area (Å²) in [7, 11) is -4.09. The molecule has 0 spiro atoms. The predicted octanol–water partition coefficient (Wildman–Crippen LogP) is 1.70. The molecule has 1 saturated heterocycles. The number of nitrogens with one attached hydrogen (secondary N) is 1. The monoisotopic (exact) mass is 385 g/mol. The number of hydrogen-bond donors (Lipinski definition) is 1. The van der Waals surface area contributed by atoms with Crippen molar-refractivity contribution in [1.82, 2.24) is 4.72 Å². The highest BCUT2D eigenvalue weighted by Gasteiger charge is 2.53. The number of nitrogens with zero attached hydrogens (tertiary/aromatic N) is 1. The summed E-state index contributed by atoms with van der Waals surface area (Å²) >= 11 is 3.05. The molecule has 0 aromatic carbocycles. The van der Waals surface area contributed by atoms with Crippen molar-refractivity contribution in [3.63, 3.8) is 0 Å². The molecule has 0 bridgehead atoms. The zero-order valence-electron chi connectivity index (χ0n) is 12.8. The molecule has 3 rings (SSSR count). The molecule has 128 valence electrons. The van der Waals surface area contributed by atoms with E-state index in [2.05, 4.69) is 0 Å². The maximum absolute atomic E-state index is 12.7. The van der Waals surface area contributed by atoms with Gasteiger partial charge in [-0.25, -0.2) is 9.52 Å². The first kappa shape index (κ1) is 17.3. The number of amides is 2. The molecule has 1 aliphatic heterocycles. The first-order valence-corrected chi connectivity index (χ1v) is 10.6. The largest absolute Gasteiger partial charge is 0.403 e. The Morgan fingerprint density at radius 2 is 1.54 bits per heavy atom. The molecule has 0 unspecified atom stereocenters. The second kappa shape index (κ2) is 6.75. The van der Waals surface area contributed by atoms with E-state index in [4.69, 9.17) is 0 Å². The smallest absolute Gasteiger partial charge is 0.273 e. The number of quaternary nitrogens is 1. The van der Waals surface area contributed by atoms with E-state index in [1.165, 1.54) is 22.7 Å². The van der Waals surface area contributed by atoms with E-state index >= 15 is 0 Å². The molecule has 0 radical (unpaired) electrons. The number of thiophene rings is 2. The molecular weight excluding hydrogens is 368 g/mol. The molecule has 2 amide bonds. The Kier molecular flexibility index (Phi) is 4.86. The van der Waals surface area contributed by atoms with Gasteiger partial charge < -0.3 is 0 Å². The summed E-state index contributed by atoms with van der Waals surface area (Å²) in [6, 6.07) is 7.62. The van der Waals surface area contributed by atoms with Crippen molar-refractivity contribution >= 4 is 44.7 Å². The van der Waals surface area contributed by atoms with E-state index in [1.807, 2.05) is 39.7 Å². The van der Waals surface area contributed by atoms with Gasteiger partial charge in [0, 0.05) is 22.6 Å². The van der Waals surface area contributed by atoms with Crippen LogP contribution in [0.2, 0.25) is 0 Å². The standard InChI is InChI=1S/C15H16N2O4S3/c18-14-11-15(19)17(24(20,21)16-14,7-5-12-3-1-9-22-12)8-6-13-4-2-10-23-13/h1-4,9-10H,5-8,11H2/p+1. The molecule has 24 heavy (non-hydrogen) atoms. The van der Waals surface area contributed by atoms with Crippen LogP contribution in [-0.4, -0.2) is 37.2 Å². The summed E-state index contributed by atoms with van der Waals surface area (Å²) in [6.45, 7) is 0.265. The van der Waals surface area contributed by atoms with E-state index in [0.29, 0.717) is 12.8 Å². The van der Waals surface area contributed by atoms with Crippen LogP contribution in [0.15, 0.2) is 35.0 Å². The lowest BCUT2D eigenvalue weighted by Gasteiger charge is -2.36. The lowest BCUT2D eigenvalue weighted by Crippen LogP contribution is -2.67. The maximum Gasteiger partial charge on any atom is 0.403 e. The summed E-state index contributed by atoms with van der Waals surface area (Å²) in [5, 5.41) is 3.83. The lowest BCUT2D eigenvalue weighted by atomic mass is 10.2. The fourth-order valence-corrected chi connectivity index (χ4v) is 5.70. The van der Waals surface area contributed by atoms with Crippen LogP contribution in [0.25, 0.3) is 0 Å². The zero-order valence-corrected chi connectivity index (χ0v) is 15.3. The summed E-state index contributed by atoms with van der Waals surface area (Å²) < 4.78 is 26.7. The topological polar surface area (TPSA) is 80.3 Å². The van der Waals surface area contributed by atoms with Crippen LogP contribution in [-0.2, 0) is 32.6 Å². The van der Waals surface area contributed by atoms with E-state index < -0.39 is 32.3 Å². The van der Waals surface area contributed by atoms with Gasteiger partial charge in [-0.15, -0.1) is 26.6 Å². The van der Waals surface area contributed by atoms with E-state index in [1.54, 1.807) is 0 Å². The SMILES string of the molecule is O=C1CC(=O)[N+](CCc2cccs2)(CCc2cccs2)S(=O)(=O)N1. The van der Waals surface area contributed by atoms with Gasteiger partial charge in [-0.3, -0.25) is 4.79 Å². The van der Waals surface area contributed by atoms with Crippen molar-refractivity contribution in [2.24, 2.45) is 0 Å². The Morgan fingerprint density at radius 3 is 1.96 bits per heavy atom. The van der Waals surface area contributed by atoms with Crippen molar-refractivity contribution in [3.8, 4) is 0 Å². The van der Waals surface area contributed by atoms with Gasteiger partial charge in [0.2, 0.25) is 0 Å². The van der Waals surface area contributed by atoms with Gasteiger partial charge in [0.15, 0.2) is 0 Å². The molecule has 9 heteroatoms. The molecule has 1 aliphatic rings. The molecule has 0 atom stereocenters. The van der Waals surface area contributed by atoms with E-state index in [-0.39, 0.29) is 13.1 Å². The van der Waals surface area contributed by atoms with Crippen LogP contribution < -0.4 is 4.72 Å². The molecule has 1 N–H and O–H groups in total. The van der Waals surface area contributed by atoms with Crippen molar-refractivity contribution < 1.29 is 21.9 Å². The van der Waals surface area contributed by atoms with Crippen molar-refractivity contribution in [2.45, 2.75) is 19.3 Å². The highest BCUT2D eigenvalue weighted by atomic mass is 32.2. The van der Waals surface area contributed by atoms with Gasteiger partial charge in [-0.05, 0) is 22.9 Å². The minimum absolute atomic E-state index is 0.132. The summed E-state index contributed by atoms with van der Waals surface area (Å²) in [5.74, 6) is -1.30. The second-order valence-corrected chi connectivity index (χ2v) is 9.48. The minimum Gasteiger partial charge on any atom is -0.273 e. The summed E-state index contributed by atoms with van der Waals surface area (Å²) in [4.78, 5) is 26.2. The fraction of sp³-hybridized carbons (Fsp3) is 0.333. The van der Waals surface area contributed by atoms with Gasteiger partial charge in [0.1, 0.15) is 19.5 Å². The predicted molar refractivity (Wildman–Crippen MR) is 92.7 cm³/mol. The van der Waals surface area contributed by atoms with Gasteiger partial charge in [-0.2, -0.15) is 8.42 Å². The molecule has 1 fully saturated rings. The first-order chi connectivity index (χ1) is 11.4. The van der Waals surface area contributed by atoms with E-state index in [0.717, 1.165) is 9.75 Å². The van der Waals surface area contributed by atoms with Crippen LogP contribution >= 0.6 is 22.7 Å². The molecule has 3 heterocycles. The van der Waals surface area contributed by atoms with Gasteiger partial charge in [0.25, 0.3) is 5.91 Å². The third kappa shape index (κ3) is 3.30. The Bertz CT molecular complexity index is 788. The van der Waals surface area contributed by atoms with Gasteiger partial charge >= 0.3 is 16.1 Å². The highest BCUT2D eigenvalue weighted by Crippen LogP contribution is 2.25. The average molecular weight is 386 g/mol. The quantitative estimate of drug-likeness (QED) is 0.606. The van der Waals surface area contributed by atoms with Crippen molar-refractivity contribution in [3.05, 3.63) is 44.8 Å². The van der Waals surface area contributed by atoms with E-state index in [9.17, 15) is 18.0 Å². The summed E-state index contributed by atoms with van der Waals surface area (Å²) in [5.41, 5.74) is 0. The molecular formula is C15H17N2O4S3+. The van der Waals surface area contributed by atoms with Crippen LogP contribution in [0.5, 0.6) is 0 Å². The summed E-state index contributed by atoms with van der Waals surface area (Å²) in [6.07, 6.45) is 0.556. The normalized spacial score (nSPS) is 19.2. The third-order valence-electron chi connectivity index (χ3n) is 4.07. The van der Waals surface area contributed by atoms with Crippen LogP contribution in [0.1, 0.15) is 16.2 Å². The number of carbonyl (C=O) groups is 2. The van der Waals surface area contributed by atoms with Crippen LogP contribution in [0.4, 0.5) is 0 Å². The van der Waals surface area contributed by atoms with Gasteiger partial charge in [0.05, 0.1) is 0 Å². The molecule has 0 saturated carbocycles. The lowest BCUT2D eigenvalue weighted by molar-refractivity contribution is -0.729. The Balaban J connectivity index is 1.89. The van der Waals surface area contributed by atoms with Crippen LogP contribution in [0.3, 0.4) is 0 Å². The van der Waals surface area contributed by atoms with Gasteiger partial charge in [-0.1, -0.05) is 12.1 Å². The average Bonchev–Trinajstić information content (AvgIpc) is 3.18. The Morgan fingerprint density at radius 1 is 1.00 bits per heavy atom. The Labute approximate surface area is 148 Å². The Hall–Kier alpha value is -1.55. The highest BCUT2D eigenvalue weighted by molar-refractivity contribution is 7.85. The molecule has 2 aromatic heterocycles. The fourth-order valence-electron chi connectivity index (χ4n) is 2.78. The van der Waals surface area contributed by atoms with Crippen LogP contribution in [0, 0.1) is 0 Å². The second-order valence-electron chi connectivity index (χ2n) is 5.57. The molecule has 0 aliphatic carbocycles. The number of carbonyl (C=O) groups excluding carboxylic acids is 2. The zero-order chi connectivity index (χ0) is 17.2. The third-order valence-corrected chi connectivity index (χ3v) is 7.92. The molecule has 6 nitrogen and oxygen atoms in total. The van der Waals surface area contributed by atoms with Crippen molar-refractivity contribution in [1.29, 1.82) is 0 Å². The van der Waals surface area contributed by atoms with Crippen molar-refractivity contribution in [2.75, 3.05) is 13.1 Å². The minimum atomic E-state index is -4.09.